The zero-order valence-corrected chi connectivity index (χ0v) is 11.7. The summed E-state index contributed by atoms with van der Waals surface area (Å²) in [6.45, 7) is 7.62. The van der Waals surface area contributed by atoms with Gasteiger partial charge in [-0.05, 0) is 27.7 Å². The second-order valence-corrected chi connectivity index (χ2v) is 6.63. The van der Waals surface area contributed by atoms with Gasteiger partial charge in [-0.3, -0.25) is 0 Å². The van der Waals surface area contributed by atoms with E-state index in [0.717, 1.165) is 6.26 Å². The van der Waals surface area contributed by atoms with Crippen LogP contribution in [0, 0.1) is 0 Å². The first kappa shape index (κ1) is 13.8. The van der Waals surface area contributed by atoms with E-state index in [9.17, 15) is 8.42 Å². The molecule has 0 saturated heterocycles. The van der Waals surface area contributed by atoms with Gasteiger partial charge in [-0.1, -0.05) is 0 Å². The third kappa shape index (κ3) is 2.91. The molecule has 7 heteroatoms. The lowest BCUT2D eigenvalue weighted by Crippen LogP contribution is -2.13. The minimum atomic E-state index is -3.39. The van der Waals surface area contributed by atoms with Crippen LogP contribution in [0.5, 0.6) is 0 Å². The SMILES string of the molecule is CC(C)Nc1nn(C(C)C)c(N)c1S(C)(=O)=O. The molecule has 1 heterocycles. The van der Waals surface area contributed by atoms with E-state index < -0.39 is 9.84 Å². The van der Waals surface area contributed by atoms with Gasteiger partial charge in [-0.25, -0.2) is 13.1 Å². The Labute approximate surface area is 102 Å². The fourth-order valence-corrected chi connectivity index (χ4v) is 2.48. The smallest absolute Gasteiger partial charge is 0.182 e. The first-order valence-corrected chi connectivity index (χ1v) is 7.38. The number of aromatic nitrogens is 2. The summed E-state index contributed by atoms with van der Waals surface area (Å²) >= 11 is 0. The summed E-state index contributed by atoms with van der Waals surface area (Å²) in [4.78, 5) is 0.0832. The Morgan fingerprint density at radius 3 is 2.18 bits per heavy atom. The first-order chi connectivity index (χ1) is 7.64. The van der Waals surface area contributed by atoms with E-state index in [1.807, 2.05) is 27.7 Å². The highest BCUT2D eigenvalue weighted by Gasteiger charge is 2.25. The van der Waals surface area contributed by atoms with Crippen molar-refractivity contribution in [3.05, 3.63) is 0 Å². The third-order valence-corrected chi connectivity index (χ3v) is 3.33. The van der Waals surface area contributed by atoms with Crippen LogP contribution in [-0.2, 0) is 9.84 Å². The van der Waals surface area contributed by atoms with Gasteiger partial charge in [0.1, 0.15) is 5.82 Å². The van der Waals surface area contributed by atoms with Crippen molar-refractivity contribution in [1.82, 2.24) is 9.78 Å². The van der Waals surface area contributed by atoms with Crippen molar-refractivity contribution in [3.63, 3.8) is 0 Å². The Morgan fingerprint density at radius 2 is 1.82 bits per heavy atom. The largest absolute Gasteiger partial charge is 0.383 e. The van der Waals surface area contributed by atoms with E-state index in [4.69, 9.17) is 5.73 Å². The standard InChI is InChI=1S/C10H20N4O2S/c1-6(2)12-10-8(17(5,15)16)9(11)14(13-10)7(3)4/h6-7H,11H2,1-5H3,(H,12,13). The molecule has 0 aliphatic carbocycles. The second kappa shape index (κ2) is 4.56. The molecule has 0 atom stereocenters. The molecule has 0 saturated carbocycles. The van der Waals surface area contributed by atoms with Crippen LogP contribution in [-0.4, -0.2) is 30.5 Å². The lowest BCUT2D eigenvalue weighted by Gasteiger charge is -2.07. The van der Waals surface area contributed by atoms with Gasteiger partial charge in [0.05, 0.1) is 0 Å². The van der Waals surface area contributed by atoms with Crippen LogP contribution in [0.1, 0.15) is 33.7 Å². The molecule has 6 nitrogen and oxygen atoms in total. The summed E-state index contributed by atoms with van der Waals surface area (Å²) in [5.74, 6) is 0.513. The molecule has 1 aromatic heterocycles. The quantitative estimate of drug-likeness (QED) is 0.851. The van der Waals surface area contributed by atoms with Crippen molar-refractivity contribution in [2.45, 2.75) is 44.7 Å². The molecule has 0 aliphatic heterocycles. The lowest BCUT2D eigenvalue weighted by molar-refractivity contribution is 0.540. The summed E-state index contributed by atoms with van der Waals surface area (Å²) < 4.78 is 25.0. The molecule has 0 spiro atoms. The molecule has 1 rings (SSSR count). The minimum absolute atomic E-state index is 0.0122. The fraction of sp³-hybridized carbons (Fsp3) is 0.700. The van der Waals surface area contributed by atoms with E-state index in [-0.39, 0.29) is 22.8 Å². The Hall–Kier alpha value is -1.24. The van der Waals surface area contributed by atoms with Crippen molar-refractivity contribution in [3.8, 4) is 0 Å². The molecular weight excluding hydrogens is 240 g/mol. The Kier molecular flexibility index (Phi) is 3.71. The third-order valence-electron chi connectivity index (χ3n) is 2.19. The Balaban J connectivity index is 3.43. The van der Waals surface area contributed by atoms with Crippen LogP contribution in [0.4, 0.5) is 11.6 Å². The van der Waals surface area contributed by atoms with Crippen LogP contribution in [0.15, 0.2) is 4.90 Å². The van der Waals surface area contributed by atoms with Crippen LogP contribution >= 0.6 is 0 Å². The number of nitrogens with one attached hydrogen (secondary N) is 1. The van der Waals surface area contributed by atoms with Gasteiger partial charge < -0.3 is 11.1 Å². The topological polar surface area (TPSA) is 90.0 Å². The van der Waals surface area contributed by atoms with E-state index in [2.05, 4.69) is 10.4 Å². The molecule has 0 fully saturated rings. The molecule has 0 unspecified atom stereocenters. The van der Waals surface area contributed by atoms with Gasteiger partial charge in [0.15, 0.2) is 20.6 Å². The van der Waals surface area contributed by atoms with Crippen molar-refractivity contribution in [2.75, 3.05) is 17.3 Å². The Bertz CT molecular complexity index is 503. The summed E-state index contributed by atoms with van der Waals surface area (Å²) in [6, 6.07) is 0.101. The molecule has 0 radical (unpaired) electrons. The van der Waals surface area contributed by atoms with Gasteiger partial charge in [-0.15, -0.1) is 0 Å². The summed E-state index contributed by atoms with van der Waals surface area (Å²) in [6.07, 6.45) is 1.14. The highest BCUT2D eigenvalue weighted by molar-refractivity contribution is 7.91. The van der Waals surface area contributed by atoms with Crippen LogP contribution in [0.2, 0.25) is 0 Å². The molecule has 0 amide bonds. The van der Waals surface area contributed by atoms with E-state index in [0.29, 0.717) is 5.82 Å². The maximum atomic E-state index is 11.7. The van der Waals surface area contributed by atoms with Crippen molar-refractivity contribution in [2.24, 2.45) is 0 Å². The predicted molar refractivity (Wildman–Crippen MR) is 68.9 cm³/mol. The van der Waals surface area contributed by atoms with E-state index in [1.54, 1.807) is 0 Å². The van der Waals surface area contributed by atoms with Gasteiger partial charge >= 0.3 is 0 Å². The maximum Gasteiger partial charge on any atom is 0.182 e. The molecule has 1 aromatic rings. The minimum Gasteiger partial charge on any atom is -0.383 e. The first-order valence-electron chi connectivity index (χ1n) is 5.49. The second-order valence-electron chi connectivity index (χ2n) is 4.67. The number of rotatable bonds is 4. The molecule has 0 bridgehead atoms. The molecule has 17 heavy (non-hydrogen) atoms. The average Bonchev–Trinajstić information content (AvgIpc) is 2.40. The highest BCUT2D eigenvalue weighted by Crippen LogP contribution is 2.29. The number of hydrogen-bond acceptors (Lipinski definition) is 5. The molecular formula is C10H20N4O2S. The summed E-state index contributed by atoms with van der Waals surface area (Å²) in [5.41, 5.74) is 5.85. The summed E-state index contributed by atoms with van der Waals surface area (Å²) in [7, 11) is -3.39. The summed E-state index contributed by atoms with van der Waals surface area (Å²) in [5, 5.41) is 7.22. The number of nitrogens with two attached hydrogens (primary N) is 1. The predicted octanol–water partition coefficient (Wildman–Crippen LogP) is 1.27. The van der Waals surface area contributed by atoms with Gasteiger partial charge in [-0.2, -0.15) is 5.10 Å². The molecule has 3 N–H and O–H groups in total. The van der Waals surface area contributed by atoms with Crippen LogP contribution < -0.4 is 11.1 Å². The molecule has 98 valence electrons. The molecule has 0 aromatic carbocycles. The van der Waals surface area contributed by atoms with Crippen molar-refractivity contribution >= 4 is 21.5 Å². The number of nitrogens with zero attached hydrogens (tertiary/aromatic N) is 2. The number of sulfone groups is 1. The van der Waals surface area contributed by atoms with Crippen molar-refractivity contribution in [1.29, 1.82) is 0 Å². The van der Waals surface area contributed by atoms with Crippen LogP contribution in [0.25, 0.3) is 0 Å². The van der Waals surface area contributed by atoms with Gasteiger partial charge in [0.2, 0.25) is 0 Å². The normalized spacial score (nSPS) is 12.4. The Morgan fingerprint density at radius 1 is 1.29 bits per heavy atom. The van der Waals surface area contributed by atoms with Crippen molar-refractivity contribution < 1.29 is 8.42 Å². The highest BCUT2D eigenvalue weighted by atomic mass is 32.2. The van der Waals surface area contributed by atoms with Gasteiger partial charge in [0.25, 0.3) is 0 Å². The maximum absolute atomic E-state index is 11.7. The molecule has 0 aliphatic rings. The van der Waals surface area contributed by atoms with Gasteiger partial charge in [0, 0.05) is 18.3 Å². The zero-order valence-electron chi connectivity index (χ0n) is 10.9. The monoisotopic (exact) mass is 260 g/mol. The zero-order chi connectivity index (χ0) is 13.4. The van der Waals surface area contributed by atoms with Crippen LogP contribution in [0.3, 0.4) is 0 Å². The van der Waals surface area contributed by atoms with E-state index in [1.165, 1.54) is 4.68 Å². The lowest BCUT2D eigenvalue weighted by atomic mass is 10.4. The number of anilines is 2. The average molecular weight is 260 g/mol. The number of hydrogen-bond donors (Lipinski definition) is 2. The van der Waals surface area contributed by atoms with E-state index >= 15 is 0 Å². The number of nitrogen functional groups attached to an aromatic ring is 1. The fourth-order valence-electron chi connectivity index (χ4n) is 1.56.